The molecule has 0 N–H and O–H groups in total. The molecule has 0 aliphatic carbocycles. The van der Waals surface area contributed by atoms with Crippen molar-refractivity contribution in [3.63, 3.8) is 0 Å². The molecule has 0 radical (unpaired) electrons. The molecule has 3 heterocycles. The third-order valence-corrected chi connectivity index (χ3v) is 4.20. The second kappa shape index (κ2) is 4.34. The van der Waals surface area contributed by atoms with Gasteiger partial charge in [0.1, 0.15) is 0 Å². The number of nitrogens with zero attached hydrogens (tertiary/aromatic N) is 5. The summed E-state index contributed by atoms with van der Waals surface area (Å²) < 4.78 is 8.18. The van der Waals surface area contributed by atoms with Crippen LogP contribution in [0.5, 0.6) is 0 Å². The second-order valence-electron chi connectivity index (χ2n) is 4.65. The lowest BCUT2D eigenvalue weighted by Gasteiger charge is -2.12. The van der Waals surface area contributed by atoms with Gasteiger partial charge in [-0.3, -0.25) is 0 Å². The van der Waals surface area contributed by atoms with Gasteiger partial charge in [0.25, 0.3) is 0 Å². The monoisotopic (exact) mass is 277 g/mol. The van der Waals surface area contributed by atoms with Gasteiger partial charge in [-0.15, -0.1) is 0 Å². The van der Waals surface area contributed by atoms with Crippen molar-refractivity contribution in [1.82, 2.24) is 19.9 Å². The number of hydrogen-bond acceptors (Lipinski definition) is 6. The average molecular weight is 277 g/mol. The SMILES string of the molecule is Cc1cc(CN(C)c2nc3c(s2)c(C)nn3C)on1. The molecule has 0 fully saturated rings. The van der Waals surface area contributed by atoms with Crippen LogP contribution >= 0.6 is 11.3 Å². The lowest BCUT2D eigenvalue weighted by Crippen LogP contribution is -2.15. The van der Waals surface area contributed by atoms with Crippen LogP contribution in [0.3, 0.4) is 0 Å². The van der Waals surface area contributed by atoms with E-state index in [0.29, 0.717) is 6.54 Å². The molecule has 0 bridgehead atoms. The predicted molar refractivity (Wildman–Crippen MR) is 74.5 cm³/mol. The largest absolute Gasteiger partial charge is 0.359 e. The van der Waals surface area contributed by atoms with E-state index in [0.717, 1.165) is 32.6 Å². The second-order valence-corrected chi connectivity index (χ2v) is 5.63. The number of rotatable bonds is 3. The molecule has 0 atom stereocenters. The molecule has 6 nitrogen and oxygen atoms in total. The molecule has 0 aliphatic heterocycles. The maximum atomic E-state index is 5.23. The minimum absolute atomic E-state index is 0.660. The van der Waals surface area contributed by atoms with Crippen LogP contribution in [0.4, 0.5) is 5.13 Å². The Morgan fingerprint density at radius 2 is 2.21 bits per heavy atom. The Balaban J connectivity index is 1.89. The van der Waals surface area contributed by atoms with Gasteiger partial charge in [-0.1, -0.05) is 16.5 Å². The lowest BCUT2D eigenvalue weighted by molar-refractivity contribution is 0.379. The summed E-state index contributed by atoms with van der Waals surface area (Å²) in [5, 5.41) is 9.21. The van der Waals surface area contributed by atoms with Crippen LogP contribution in [0.15, 0.2) is 10.6 Å². The molecule has 3 aromatic rings. The molecule has 19 heavy (non-hydrogen) atoms. The highest BCUT2D eigenvalue weighted by Gasteiger charge is 2.15. The summed E-state index contributed by atoms with van der Waals surface area (Å²) in [6.45, 7) is 4.58. The quantitative estimate of drug-likeness (QED) is 0.735. The van der Waals surface area contributed by atoms with Crippen LogP contribution in [-0.4, -0.2) is 27.0 Å². The third-order valence-electron chi connectivity index (χ3n) is 2.93. The van der Waals surface area contributed by atoms with E-state index in [9.17, 15) is 0 Å². The van der Waals surface area contributed by atoms with E-state index in [4.69, 9.17) is 4.52 Å². The smallest absolute Gasteiger partial charge is 0.188 e. The number of fused-ring (bicyclic) bond motifs is 1. The van der Waals surface area contributed by atoms with Gasteiger partial charge in [-0.2, -0.15) is 5.10 Å². The summed E-state index contributed by atoms with van der Waals surface area (Å²) in [6.07, 6.45) is 0. The van der Waals surface area contributed by atoms with Crippen molar-refractivity contribution in [2.45, 2.75) is 20.4 Å². The number of anilines is 1. The van der Waals surface area contributed by atoms with Gasteiger partial charge in [0.2, 0.25) is 0 Å². The third kappa shape index (κ3) is 2.10. The molecule has 3 rings (SSSR count). The first-order valence-corrected chi connectivity index (χ1v) is 6.79. The summed E-state index contributed by atoms with van der Waals surface area (Å²) in [5.74, 6) is 0.842. The average Bonchev–Trinajstić information content (AvgIpc) is 3.00. The van der Waals surface area contributed by atoms with Gasteiger partial charge in [-0.05, 0) is 13.8 Å². The normalized spacial score (nSPS) is 11.4. The van der Waals surface area contributed by atoms with Crippen LogP contribution < -0.4 is 4.90 Å². The van der Waals surface area contributed by atoms with Crippen molar-refractivity contribution in [2.75, 3.05) is 11.9 Å². The van der Waals surface area contributed by atoms with E-state index in [1.54, 1.807) is 11.3 Å². The summed E-state index contributed by atoms with van der Waals surface area (Å²) in [6, 6.07) is 1.94. The predicted octanol–water partition coefficient (Wildman–Crippen LogP) is 2.27. The minimum Gasteiger partial charge on any atom is -0.359 e. The summed E-state index contributed by atoms with van der Waals surface area (Å²) >= 11 is 1.65. The van der Waals surface area contributed by atoms with Crippen molar-refractivity contribution in [2.24, 2.45) is 7.05 Å². The van der Waals surface area contributed by atoms with Crippen LogP contribution in [0.1, 0.15) is 17.1 Å². The summed E-state index contributed by atoms with van der Waals surface area (Å²) in [4.78, 5) is 6.68. The fraction of sp³-hybridized carbons (Fsp3) is 0.417. The minimum atomic E-state index is 0.660. The number of aromatic nitrogens is 4. The first-order chi connectivity index (χ1) is 9.04. The molecular formula is C12H15N5OS. The Hall–Kier alpha value is -1.89. The summed E-state index contributed by atoms with van der Waals surface area (Å²) in [7, 11) is 3.91. The molecule has 0 saturated heterocycles. The highest BCUT2D eigenvalue weighted by Crippen LogP contribution is 2.30. The van der Waals surface area contributed by atoms with Gasteiger partial charge >= 0.3 is 0 Å². The van der Waals surface area contributed by atoms with Crippen molar-refractivity contribution in [1.29, 1.82) is 0 Å². The molecule has 0 amide bonds. The molecule has 0 spiro atoms. The zero-order chi connectivity index (χ0) is 13.6. The van der Waals surface area contributed by atoms with Crippen LogP contribution in [0, 0.1) is 13.8 Å². The van der Waals surface area contributed by atoms with Crippen molar-refractivity contribution in [3.05, 3.63) is 23.2 Å². The van der Waals surface area contributed by atoms with Crippen LogP contribution in [0.2, 0.25) is 0 Å². The molecular weight excluding hydrogens is 262 g/mol. The topological polar surface area (TPSA) is 60.0 Å². The number of aryl methyl sites for hydroxylation is 3. The van der Waals surface area contributed by atoms with E-state index in [2.05, 4.69) is 20.1 Å². The molecule has 100 valence electrons. The Labute approximate surface area is 114 Å². The molecule has 0 saturated carbocycles. The highest BCUT2D eigenvalue weighted by molar-refractivity contribution is 7.22. The molecule has 0 aromatic carbocycles. The highest BCUT2D eigenvalue weighted by atomic mass is 32.1. The summed E-state index contributed by atoms with van der Waals surface area (Å²) in [5.41, 5.74) is 2.84. The molecule has 0 aliphatic rings. The van der Waals surface area contributed by atoms with E-state index >= 15 is 0 Å². The first-order valence-electron chi connectivity index (χ1n) is 5.98. The maximum absolute atomic E-state index is 5.23. The van der Waals surface area contributed by atoms with Gasteiger partial charge in [0, 0.05) is 20.2 Å². The van der Waals surface area contributed by atoms with Crippen molar-refractivity contribution < 1.29 is 4.52 Å². The van der Waals surface area contributed by atoms with E-state index < -0.39 is 0 Å². The van der Waals surface area contributed by atoms with Gasteiger partial charge in [0.05, 0.1) is 22.6 Å². The van der Waals surface area contributed by atoms with Gasteiger partial charge in [-0.25, -0.2) is 9.67 Å². The van der Waals surface area contributed by atoms with E-state index in [1.807, 2.05) is 38.7 Å². The standard InChI is InChI=1S/C12H15N5OS/c1-7-5-9(18-15-7)6-16(3)12-13-11-10(19-12)8(2)14-17(11)4/h5H,6H2,1-4H3. The number of hydrogen-bond donors (Lipinski definition) is 0. The Kier molecular flexibility index (Phi) is 2.78. The fourth-order valence-corrected chi connectivity index (χ4v) is 3.02. The van der Waals surface area contributed by atoms with Gasteiger partial charge < -0.3 is 9.42 Å². The Bertz CT molecular complexity index is 691. The maximum Gasteiger partial charge on any atom is 0.188 e. The van der Waals surface area contributed by atoms with E-state index in [1.165, 1.54) is 0 Å². The van der Waals surface area contributed by atoms with Gasteiger partial charge in [0.15, 0.2) is 16.5 Å². The molecule has 0 unspecified atom stereocenters. The molecule has 7 heteroatoms. The molecule has 3 aromatic heterocycles. The van der Waals surface area contributed by atoms with Crippen LogP contribution in [0.25, 0.3) is 10.3 Å². The Morgan fingerprint density at radius 1 is 1.42 bits per heavy atom. The fourth-order valence-electron chi connectivity index (χ4n) is 2.03. The lowest BCUT2D eigenvalue weighted by atomic mass is 10.4. The number of thiazole rings is 1. The van der Waals surface area contributed by atoms with E-state index in [-0.39, 0.29) is 0 Å². The van der Waals surface area contributed by atoms with Crippen molar-refractivity contribution >= 4 is 26.8 Å². The zero-order valence-corrected chi connectivity index (χ0v) is 12.2. The first kappa shape index (κ1) is 12.2. The van der Waals surface area contributed by atoms with Crippen LogP contribution in [-0.2, 0) is 13.6 Å². The zero-order valence-electron chi connectivity index (χ0n) is 11.3. The van der Waals surface area contributed by atoms with Crippen molar-refractivity contribution in [3.8, 4) is 0 Å². The Morgan fingerprint density at radius 3 is 2.84 bits per heavy atom.